The molecule has 0 unspecified atom stereocenters. The molecule has 2 aromatic carbocycles. The maximum atomic E-state index is 5.46. The molecular weight excluding hydrogens is 336 g/mol. The van der Waals surface area contributed by atoms with Crippen molar-refractivity contribution in [3.63, 3.8) is 0 Å². The Morgan fingerprint density at radius 2 is 1.78 bits per heavy atom. The molecule has 0 aliphatic heterocycles. The Morgan fingerprint density at radius 3 is 2.44 bits per heavy atom. The van der Waals surface area contributed by atoms with Crippen molar-refractivity contribution in [1.29, 1.82) is 0 Å². The standard InChI is InChI=1S/C22H32N4O/c1-17-10-11-21(27-5)18(14-17)12-13-24-22(23-2)25-15-19-8-6-7-9-20(19)16-26(3)4/h6-11,14H,12-13,15-16H2,1-5H3,(H2,23,24,25). The predicted octanol–water partition coefficient (Wildman–Crippen LogP) is 2.97. The van der Waals surface area contributed by atoms with Gasteiger partial charge < -0.3 is 20.3 Å². The fourth-order valence-corrected chi connectivity index (χ4v) is 3.04. The van der Waals surface area contributed by atoms with E-state index in [1.807, 2.05) is 6.07 Å². The van der Waals surface area contributed by atoms with Crippen LogP contribution in [0.3, 0.4) is 0 Å². The summed E-state index contributed by atoms with van der Waals surface area (Å²) in [6, 6.07) is 14.8. The van der Waals surface area contributed by atoms with E-state index in [-0.39, 0.29) is 0 Å². The molecule has 0 spiro atoms. The maximum Gasteiger partial charge on any atom is 0.191 e. The lowest BCUT2D eigenvalue weighted by atomic mass is 10.1. The van der Waals surface area contributed by atoms with E-state index in [1.54, 1.807) is 14.2 Å². The van der Waals surface area contributed by atoms with Crippen LogP contribution in [0.1, 0.15) is 22.3 Å². The number of guanidine groups is 1. The first-order valence-corrected chi connectivity index (χ1v) is 9.33. The van der Waals surface area contributed by atoms with E-state index in [2.05, 4.69) is 77.9 Å². The van der Waals surface area contributed by atoms with Crippen molar-refractivity contribution in [3.8, 4) is 5.75 Å². The van der Waals surface area contributed by atoms with E-state index in [0.29, 0.717) is 0 Å². The molecule has 0 fully saturated rings. The minimum absolute atomic E-state index is 0.747. The molecular formula is C22H32N4O. The summed E-state index contributed by atoms with van der Waals surface area (Å²) < 4.78 is 5.46. The Morgan fingerprint density at radius 1 is 1.04 bits per heavy atom. The molecule has 5 nitrogen and oxygen atoms in total. The van der Waals surface area contributed by atoms with Crippen molar-refractivity contribution < 1.29 is 4.74 Å². The molecule has 0 atom stereocenters. The third-order valence-electron chi connectivity index (χ3n) is 4.40. The molecule has 0 aliphatic carbocycles. The van der Waals surface area contributed by atoms with Crippen LogP contribution in [0, 0.1) is 6.92 Å². The molecule has 2 N–H and O–H groups in total. The summed E-state index contributed by atoms with van der Waals surface area (Å²) in [5.74, 6) is 1.74. The third kappa shape index (κ3) is 6.61. The van der Waals surface area contributed by atoms with Gasteiger partial charge in [0.1, 0.15) is 5.75 Å². The van der Waals surface area contributed by atoms with Crippen LogP contribution in [0.15, 0.2) is 47.5 Å². The lowest BCUT2D eigenvalue weighted by Gasteiger charge is -2.17. The summed E-state index contributed by atoms with van der Waals surface area (Å²) in [6.07, 6.45) is 0.878. The number of rotatable bonds is 8. The minimum Gasteiger partial charge on any atom is -0.496 e. The Labute approximate surface area is 163 Å². The molecule has 2 aromatic rings. The smallest absolute Gasteiger partial charge is 0.191 e. The lowest BCUT2D eigenvalue weighted by Crippen LogP contribution is -2.38. The highest BCUT2D eigenvalue weighted by Gasteiger charge is 2.06. The van der Waals surface area contributed by atoms with E-state index in [4.69, 9.17) is 4.74 Å². The monoisotopic (exact) mass is 368 g/mol. The van der Waals surface area contributed by atoms with E-state index in [1.165, 1.54) is 22.3 Å². The minimum atomic E-state index is 0.747. The second-order valence-electron chi connectivity index (χ2n) is 6.92. The van der Waals surface area contributed by atoms with Crippen LogP contribution in [0.25, 0.3) is 0 Å². The van der Waals surface area contributed by atoms with Crippen LogP contribution >= 0.6 is 0 Å². The molecule has 2 rings (SSSR count). The van der Waals surface area contributed by atoms with Gasteiger partial charge >= 0.3 is 0 Å². The average molecular weight is 369 g/mol. The molecule has 0 amide bonds. The topological polar surface area (TPSA) is 48.9 Å². The predicted molar refractivity (Wildman–Crippen MR) is 113 cm³/mol. The quantitative estimate of drug-likeness (QED) is 0.556. The molecule has 5 heteroatoms. The number of methoxy groups -OCH3 is 1. The average Bonchev–Trinajstić information content (AvgIpc) is 2.65. The number of aryl methyl sites for hydroxylation is 1. The van der Waals surface area contributed by atoms with Crippen molar-refractivity contribution >= 4 is 5.96 Å². The fraction of sp³-hybridized carbons (Fsp3) is 0.409. The molecule has 0 saturated carbocycles. The highest BCUT2D eigenvalue weighted by atomic mass is 16.5. The van der Waals surface area contributed by atoms with Gasteiger partial charge in [0.05, 0.1) is 7.11 Å². The van der Waals surface area contributed by atoms with Crippen LogP contribution in [0.5, 0.6) is 5.75 Å². The Balaban J connectivity index is 1.89. The lowest BCUT2D eigenvalue weighted by molar-refractivity contribution is 0.400. The Bertz CT molecular complexity index is 756. The first kappa shape index (κ1) is 20.8. The number of aliphatic imine (C=N–C) groups is 1. The maximum absolute atomic E-state index is 5.46. The first-order chi connectivity index (χ1) is 13.0. The zero-order chi connectivity index (χ0) is 19.6. The fourth-order valence-electron chi connectivity index (χ4n) is 3.04. The second-order valence-corrected chi connectivity index (χ2v) is 6.92. The number of nitrogens with zero attached hydrogens (tertiary/aromatic N) is 2. The normalized spacial score (nSPS) is 11.6. The zero-order valence-electron chi connectivity index (χ0n) is 17.2. The molecule has 0 bridgehead atoms. The van der Waals surface area contributed by atoms with Crippen LogP contribution in [-0.2, 0) is 19.5 Å². The van der Waals surface area contributed by atoms with Gasteiger partial charge in [-0.2, -0.15) is 0 Å². The van der Waals surface area contributed by atoms with Crippen molar-refractivity contribution in [2.24, 2.45) is 4.99 Å². The molecule has 146 valence electrons. The van der Waals surface area contributed by atoms with E-state index < -0.39 is 0 Å². The van der Waals surface area contributed by atoms with Crippen molar-refractivity contribution in [1.82, 2.24) is 15.5 Å². The number of hydrogen-bond acceptors (Lipinski definition) is 3. The molecule has 0 aliphatic rings. The second kappa shape index (κ2) is 10.6. The Hall–Kier alpha value is -2.53. The van der Waals surface area contributed by atoms with Gasteiger partial charge in [0, 0.05) is 26.7 Å². The van der Waals surface area contributed by atoms with Gasteiger partial charge in [0.25, 0.3) is 0 Å². The zero-order valence-corrected chi connectivity index (χ0v) is 17.2. The van der Waals surface area contributed by atoms with Crippen LogP contribution in [0.4, 0.5) is 0 Å². The summed E-state index contributed by atoms with van der Waals surface area (Å²) in [5.41, 5.74) is 5.06. The van der Waals surface area contributed by atoms with Crippen LogP contribution in [0.2, 0.25) is 0 Å². The van der Waals surface area contributed by atoms with Crippen LogP contribution in [-0.4, -0.2) is 45.7 Å². The van der Waals surface area contributed by atoms with E-state index in [0.717, 1.165) is 37.8 Å². The summed E-state index contributed by atoms with van der Waals surface area (Å²) in [6.45, 7) is 4.56. The van der Waals surface area contributed by atoms with Crippen molar-refractivity contribution in [2.45, 2.75) is 26.4 Å². The molecule has 27 heavy (non-hydrogen) atoms. The number of hydrogen-bond donors (Lipinski definition) is 2. The number of benzene rings is 2. The SMILES string of the molecule is CN=C(NCCc1cc(C)ccc1OC)NCc1ccccc1CN(C)C. The highest BCUT2D eigenvalue weighted by Crippen LogP contribution is 2.19. The summed E-state index contributed by atoms with van der Waals surface area (Å²) in [5, 5.41) is 6.81. The summed E-state index contributed by atoms with van der Waals surface area (Å²) >= 11 is 0. The first-order valence-electron chi connectivity index (χ1n) is 9.33. The summed E-state index contributed by atoms with van der Waals surface area (Å²) in [7, 11) is 7.69. The molecule has 0 saturated heterocycles. The van der Waals surface area contributed by atoms with Gasteiger partial charge in [0.2, 0.25) is 0 Å². The third-order valence-corrected chi connectivity index (χ3v) is 4.40. The van der Waals surface area contributed by atoms with Crippen molar-refractivity contribution in [2.75, 3.05) is 34.8 Å². The molecule has 0 heterocycles. The molecule has 0 aromatic heterocycles. The van der Waals surface area contributed by atoms with Gasteiger partial charge in [-0.1, -0.05) is 42.0 Å². The van der Waals surface area contributed by atoms with Crippen LogP contribution < -0.4 is 15.4 Å². The van der Waals surface area contributed by atoms with Gasteiger partial charge in [-0.15, -0.1) is 0 Å². The van der Waals surface area contributed by atoms with Gasteiger partial charge in [-0.05, 0) is 50.2 Å². The van der Waals surface area contributed by atoms with E-state index in [9.17, 15) is 0 Å². The largest absolute Gasteiger partial charge is 0.496 e. The molecule has 0 radical (unpaired) electrons. The summed E-state index contributed by atoms with van der Waals surface area (Å²) in [4.78, 5) is 6.52. The van der Waals surface area contributed by atoms with Gasteiger partial charge in [0.15, 0.2) is 5.96 Å². The van der Waals surface area contributed by atoms with Crippen molar-refractivity contribution in [3.05, 3.63) is 64.7 Å². The van der Waals surface area contributed by atoms with E-state index >= 15 is 0 Å². The highest BCUT2D eigenvalue weighted by molar-refractivity contribution is 5.79. The van der Waals surface area contributed by atoms with Gasteiger partial charge in [-0.3, -0.25) is 4.99 Å². The number of ether oxygens (including phenoxy) is 1. The van der Waals surface area contributed by atoms with Gasteiger partial charge in [-0.25, -0.2) is 0 Å². The Kier molecular flexibility index (Phi) is 8.14. The number of nitrogens with one attached hydrogen (secondary N) is 2.